The van der Waals surface area contributed by atoms with Crippen LogP contribution in [0.1, 0.15) is 28.7 Å². The Labute approximate surface area is 134 Å². The standard InChI is InChI=1S/C18H19N3O2/c1-4-15-17(21-10-9-12(2)11-16(21)19-15)18(23)20(3)13-5-7-14(22)8-6-13/h5-11,22H,4H2,1-3H3. The van der Waals surface area contributed by atoms with E-state index in [0.29, 0.717) is 12.1 Å². The molecule has 118 valence electrons. The fourth-order valence-corrected chi connectivity index (χ4v) is 2.62. The average Bonchev–Trinajstić information content (AvgIpc) is 2.91. The minimum absolute atomic E-state index is 0.121. The summed E-state index contributed by atoms with van der Waals surface area (Å²) in [6.07, 6.45) is 2.57. The molecule has 0 radical (unpaired) electrons. The molecule has 5 heteroatoms. The second kappa shape index (κ2) is 5.76. The van der Waals surface area contributed by atoms with Crippen LogP contribution in [0.3, 0.4) is 0 Å². The predicted octanol–water partition coefficient (Wildman–Crippen LogP) is 3.19. The van der Waals surface area contributed by atoms with Gasteiger partial charge in [-0.2, -0.15) is 0 Å². The van der Waals surface area contributed by atoms with Gasteiger partial charge in [0.1, 0.15) is 17.1 Å². The molecule has 3 rings (SSSR count). The number of amides is 1. The van der Waals surface area contributed by atoms with Gasteiger partial charge in [-0.25, -0.2) is 4.98 Å². The smallest absolute Gasteiger partial charge is 0.276 e. The summed E-state index contributed by atoms with van der Waals surface area (Å²) in [4.78, 5) is 19.1. The van der Waals surface area contributed by atoms with Crippen molar-refractivity contribution in [2.24, 2.45) is 0 Å². The molecule has 0 atom stereocenters. The van der Waals surface area contributed by atoms with Crippen LogP contribution in [-0.2, 0) is 6.42 Å². The lowest BCUT2D eigenvalue weighted by Gasteiger charge is -2.18. The SMILES string of the molecule is CCc1nc2cc(C)ccn2c1C(=O)N(C)c1ccc(O)cc1. The van der Waals surface area contributed by atoms with E-state index in [2.05, 4.69) is 4.98 Å². The largest absolute Gasteiger partial charge is 0.508 e. The maximum absolute atomic E-state index is 13.0. The number of carbonyl (C=O) groups excluding carboxylic acids is 1. The van der Waals surface area contributed by atoms with Gasteiger partial charge in [-0.05, 0) is 55.3 Å². The van der Waals surface area contributed by atoms with Crippen LogP contribution in [0.25, 0.3) is 5.65 Å². The maximum Gasteiger partial charge on any atom is 0.276 e. The predicted molar refractivity (Wildman–Crippen MR) is 90.1 cm³/mol. The number of hydrogen-bond acceptors (Lipinski definition) is 3. The van der Waals surface area contributed by atoms with Crippen LogP contribution >= 0.6 is 0 Å². The molecule has 0 fully saturated rings. The molecule has 1 amide bonds. The lowest BCUT2D eigenvalue weighted by atomic mass is 10.2. The zero-order chi connectivity index (χ0) is 16.6. The van der Waals surface area contributed by atoms with Crippen LogP contribution in [0.5, 0.6) is 5.75 Å². The first-order chi connectivity index (χ1) is 11.0. The summed E-state index contributed by atoms with van der Waals surface area (Å²) >= 11 is 0. The van der Waals surface area contributed by atoms with Crippen LogP contribution in [-0.4, -0.2) is 27.4 Å². The number of rotatable bonds is 3. The van der Waals surface area contributed by atoms with Gasteiger partial charge in [-0.3, -0.25) is 9.20 Å². The molecular weight excluding hydrogens is 290 g/mol. The minimum atomic E-state index is -0.121. The van der Waals surface area contributed by atoms with Crippen LogP contribution in [0.15, 0.2) is 42.6 Å². The Balaban J connectivity index is 2.07. The van der Waals surface area contributed by atoms with Crippen molar-refractivity contribution in [1.29, 1.82) is 0 Å². The number of phenolic OH excluding ortho intramolecular Hbond substituents is 1. The molecule has 1 N–H and O–H groups in total. The van der Waals surface area contributed by atoms with Gasteiger partial charge >= 0.3 is 0 Å². The summed E-state index contributed by atoms with van der Waals surface area (Å²) in [6.45, 7) is 4.00. The summed E-state index contributed by atoms with van der Waals surface area (Å²) in [5, 5.41) is 9.39. The summed E-state index contributed by atoms with van der Waals surface area (Å²) in [7, 11) is 1.72. The number of fused-ring (bicyclic) bond motifs is 1. The Morgan fingerprint density at radius 1 is 1.26 bits per heavy atom. The van der Waals surface area contributed by atoms with E-state index >= 15 is 0 Å². The van der Waals surface area contributed by atoms with E-state index < -0.39 is 0 Å². The van der Waals surface area contributed by atoms with Crippen molar-refractivity contribution in [1.82, 2.24) is 9.38 Å². The quantitative estimate of drug-likeness (QED) is 0.808. The minimum Gasteiger partial charge on any atom is -0.508 e. The second-order valence-corrected chi connectivity index (χ2v) is 5.57. The van der Waals surface area contributed by atoms with Gasteiger partial charge in [0, 0.05) is 18.9 Å². The highest BCUT2D eigenvalue weighted by Crippen LogP contribution is 2.22. The maximum atomic E-state index is 13.0. The molecule has 3 aromatic rings. The fraction of sp³-hybridized carbons (Fsp3) is 0.222. The lowest BCUT2D eigenvalue weighted by Crippen LogP contribution is -2.28. The molecule has 0 saturated carbocycles. The van der Waals surface area contributed by atoms with Crippen molar-refractivity contribution in [3.8, 4) is 5.75 Å². The number of phenols is 1. The van der Waals surface area contributed by atoms with E-state index in [1.807, 2.05) is 36.6 Å². The fourth-order valence-electron chi connectivity index (χ4n) is 2.62. The van der Waals surface area contributed by atoms with Gasteiger partial charge in [-0.15, -0.1) is 0 Å². The normalized spacial score (nSPS) is 10.9. The van der Waals surface area contributed by atoms with E-state index in [9.17, 15) is 9.90 Å². The monoisotopic (exact) mass is 309 g/mol. The van der Waals surface area contributed by atoms with E-state index in [1.54, 1.807) is 36.2 Å². The van der Waals surface area contributed by atoms with E-state index in [4.69, 9.17) is 0 Å². The van der Waals surface area contributed by atoms with Gasteiger partial charge in [0.05, 0.1) is 5.69 Å². The molecule has 0 aliphatic carbocycles. The van der Waals surface area contributed by atoms with Gasteiger partial charge < -0.3 is 10.0 Å². The van der Waals surface area contributed by atoms with Gasteiger partial charge in [0.25, 0.3) is 5.91 Å². The molecule has 2 heterocycles. The Morgan fingerprint density at radius 3 is 2.61 bits per heavy atom. The van der Waals surface area contributed by atoms with E-state index in [1.165, 1.54) is 0 Å². The van der Waals surface area contributed by atoms with Crippen LogP contribution < -0.4 is 4.90 Å². The number of aromatic nitrogens is 2. The number of pyridine rings is 1. The van der Waals surface area contributed by atoms with Crippen molar-refractivity contribution < 1.29 is 9.90 Å². The Kier molecular flexibility index (Phi) is 3.78. The van der Waals surface area contributed by atoms with Crippen LogP contribution in [0.2, 0.25) is 0 Å². The zero-order valence-electron chi connectivity index (χ0n) is 13.4. The van der Waals surface area contributed by atoms with Crippen LogP contribution in [0.4, 0.5) is 5.69 Å². The molecule has 0 spiro atoms. The van der Waals surface area contributed by atoms with Crippen molar-refractivity contribution in [3.63, 3.8) is 0 Å². The number of imidazole rings is 1. The third kappa shape index (κ3) is 2.65. The van der Waals surface area contributed by atoms with Gasteiger partial charge in [0.15, 0.2) is 0 Å². The highest BCUT2D eigenvalue weighted by Gasteiger charge is 2.22. The second-order valence-electron chi connectivity index (χ2n) is 5.57. The van der Waals surface area contributed by atoms with E-state index in [-0.39, 0.29) is 11.7 Å². The number of carbonyl (C=O) groups is 1. The molecule has 0 aliphatic heterocycles. The highest BCUT2D eigenvalue weighted by molar-refractivity contribution is 6.06. The zero-order valence-corrected chi connectivity index (χ0v) is 13.4. The number of aromatic hydroxyl groups is 1. The van der Waals surface area contributed by atoms with Crippen molar-refractivity contribution >= 4 is 17.2 Å². The highest BCUT2D eigenvalue weighted by atomic mass is 16.3. The van der Waals surface area contributed by atoms with Gasteiger partial charge in [0.2, 0.25) is 0 Å². The average molecular weight is 309 g/mol. The molecule has 0 saturated heterocycles. The number of aryl methyl sites for hydroxylation is 2. The summed E-state index contributed by atoms with van der Waals surface area (Å²) < 4.78 is 1.84. The van der Waals surface area contributed by atoms with Crippen LogP contribution in [0, 0.1) is 6.92 Å². The Morgan fingerprint density at radius 2 is 1.96 bits per heavy atom. The molecule has 0 bridgehead atoms. The third-order valence-corrected chi connectivity index (χ3v) is 3.93. The molecular formula is C18H19N3O2. The van der Waals surface area contributed by atoms with Gasteiger partial charge in [-0.1, -0.05) is 6.92 Å². The molecule has 0 aliphatic rings. The summed E-state index contributed by atoms with van der Waals surface area (Å²) in [6, 6.07) is 10.5. The van der Waals surface area contributed by atoms with Crippen molar-refractivity contribution in [2.45, 2.75) is 20.3 Å². The van der Waals surface area contributed by atoms with Crippen molar-refractivity contribution in [2.75, 3.05) is 11.9 Å². The van der Waals surface area contributed by atoms with E-state index in [0.717, 1.165) is 22.6 Å². The first-order valence-electron chi connectivity index (χ1n) is 7.56. The molecule has 2 aromatic heterocycles. The number of hydrogen-bond donors (Lipinski definition) is 1. The summed E-state index contributed by atoms with van der Waals surface area (Å²) in [5.41, 5.74) is 3.97. The molecule has 5 nitrogen and oxygen atoms in total. The van der Waals surface area contributed by atoms with Crippen molar-refractivity contribution in [3.05, 3.63) is 59.5 Å². The lowest BCUT2D eigenvalue weighted by molar-refractivity contribution is 0.0986. The number of anilines is 1. The first kappa shape index (κ1) is 15.1. The number of benzene rings is 1. The number of nitrogens with zero attached hydrogens (tertiary/aromatic N) is 3. The molecule has 1 aromatic carbocycles. The first-order valence-corrected chi connectivity index (χ1v) is 7.56. The summed E-state index contributed by atoms with van der Waals surface area (Å²) in [5.74, 6) is 0.0537. The third-order valence-electron chi connectivity index (χ3n) is 3.93. The Hall–Kier alpha value is -2.82. The topological polar surface area (TPSA) is 57.8 Å². The Bertz CT molecular complexity index is 866. The molecule has 23 heavy (non-hydrogen) atoms. The molecule has 0 unspecified atom stereocenters.